The van der Waals surface area contributed by atoms with Crippen LogP contribution >= 0.6 is 15.9 Å². The molecule has 0 aliphatic rings. The van der Waals surface area contributed by atoms with Crippen molar-refractivity contribution < 1.29 is 14.3 Å². The molecule has 0 atom stereocenters. The van der Waals surface area contributed by atoms with Crippen molar-refractivity contribution in [2.24, 2.45) is 0 Å². The van der Waals surface area contributed by atoms with E-state index in [2.05, 4.69) is 21.2 Å². The van der Waals surface area contributed by atoms with Crippen LogP contribution in [0.15, 0.2) is 77.3 Å². The van der Waals surface area contributed by atoms with Crippen LogP contribution in [-0.2, 0) is 4.79 Å². The second kappa shape index (κ2) is 9.33. The zero-order valence-corrected chi connectivity index (χ0v) is 17.0. The molecular weight excluding hydrogens is 418 g/mol. The van der Waals surface area contributed by atoms with E-state index < -0.39 is 0 Å². The number of hydrogen-bond donors (Lipinski definition) is 1. The lowest BCUT2D eigenvalue weighted by Gasteiger charge is -2.13. The largest absolute Gasteiger partial charge is 0.483 e. The van der Waals surface area contributed by atoms with Crippen LogP contribution in [0.1, 0.15) is 23.7 Å². The first kappa shape index (κ1) is 19.8. The number of carbonyl (C=O) groups excluding carboxylic acids is 2. The number of nitrogens with one attached hydrogen (secondary N) is 1. The fraction of sp³-hybridized carbons (Fsp3) is 0.130. The average molecular weight is 438 g/mol. The number of Topliss-reactive ketones (excluding diaryl/α,β-unsaturated/α-hetero) is 1. The number of para-hydroxylation sites is 1. The molecule has 5 heteroatoms. The maximum absolute atomic E-state index is 12.5. The van der Waals surface area contributed by atoms with Gasteiger partial charge >= 0.3 is 0 Å². The molecule has 1 amide bonds. The molecule has 0 aromatic heterocycles. The van der Waals surface area contributed by atoms with E-state index in [1.54, 1.807) is 25.1 Å². The van der Waals surface area contributed by atoms with Gasteiger partial charge in [0.05, 0.1) is 5.56 Å². The van der Waals surface area contributed by atoms with E-state index in [0.717, 1.165) is 15.6 Å². The molecule has 0 saturated heterocycles. The highest BCUT2D eigenvalue weighted by Crippen LogP contribution is 2.28. The Morgan fingerprint density at radius 2 is 1.68 bits per heavy atom. The average Bonchev–Trinajstić information content (AvgIpc) is 2.73. The van der Waals surface area contributed by atoms with Gasteiger partial charge in [0.1, 0.15) is 5.75 Å². The van der Waals surface area contributed by atoms with Crippen LogP contribution in [0.3, 0.4) is 0 Å². The highest BCUT2D eigenvalue weighted by atomic mass is 79.9. The predicted octanol–water partition coefficient (Wildman–Crippen LogP) is 5.73. The van der Waals surface area contributed by atoms with Gasteiger partial charge in [-0.05, 0) is 29.8 Å². The third-order valence-electron chi connectivity index (χ3n) is 4.21. The van der Waals surface area contributed by atoms with Gasteiger partial charge in [0.2, 0.25) is 0 Å². The van der Waals surface area contributed by atoms with Gasteiger partial charge in [-0.2, -0.15) is 0 Å². The van der Waals surface area contributed by atoms with Gasteiger partial charge in [-0.1, -0.05) is 71.4 Å². The number of amides is 1. The van der Waals surface area contributed by atoms with Gasteiger partial charge in [-0.15, -0.1) is 0 Å². The summed E-state index contributed by atoms with van der Waals surface area (Å²) >= 11 is 3.36. The van der Waals surface area contributed by atoms with Gasteiger partial charge < -0.3 is 10.1 Å². The summed E-state index contributed by atoms with van der Waals surface area (Å²) in [6.07, 6.45) is 0.365. The minimum Gasteiger partial charge on any atom is -0.483 e. The number of carbonyl (C=O) groups is 2. The molecule has 28 heavy (non-hydrogen) atoms. The Morgan fingerprint density at radius 3 is 2.43 bits per heavy atom. The Hall–Kier alpha value is -2.92. The standard InChI is InChI=1S/C23H20BrNO3/c1-2-21(26)19-14-17(24)12-13-22(19)28-15-23(27)25-20-11-7-6-10-18(20)16-8-4-3-5-9-16/h3-14H,2,15H2,1H3,(H,25,27). The molecule has 3 aromatic carbocycles. The van der Waals surface area contributed by atoms with Gasteiger partial charge in [-0.25, -0.2) is 0 Å². The second-order valence-electron chi connectivity index (χ2n) is 6.17. The highest BCUT2D eigenvalue weighted by Gasteiger charge is 2.14. The molecule has 0 heterocycles. The summed E-state index contributed by atoms with van der Waals surface area (Å²) in [4.78, 5) is 24.6. The molecule has 0 aliphatic heterocycles. The van der Waals surface area contributed by atoms with E-state index >= 15 is 0 Å². The van der Waals surface area contributed by atoms with Crippen molar-refractivity contribution in [3.8, 4) is 16.9 Å². The van der Waals surface area contributed by atoms with E-state index in [1.165, 1.54) is 0 Å². The summed E-state index contributed by atoms with van der Waals surface area (Å²) < 4.78 is 6.43. The molecular formula is C23H20BrNO3. The first-order chi connectivity index (χ1) is 13.6. The first-order valence-corrected chi connectivity index (χ1v) is 9.77. The van der Waals surface area contributed by atoms with Crippen LogP contribution in [-0.4, -0.2) is 18.3 Å². The summed E-state index contributed by atoms with van der Waals surface area (Å²) in [5.74, 6) is 0.0777. The van der Waals surface area contributed by atoms with Gasteiger partial charge in [0.15, 0.2) is 12.4 Å². The summed E-state index contributed by atoms with van der Waals surface area (Å²) in [6.45, 7) is 1.61. The summed E-state index contributed by atoms with van der Waals surface area (Å²) in [5.41, 5.74) is 3.13. The molecule has 0 spiro atoms. The monoisotopic (exact) mass is 437 g/mol. The number of anilines is 1. The fourth-order valence-corrected chi connectivity index (χ4v) is 3.19. The Morgan fingerprint density at radius 1 is 0.964 bits per heavy atom. The van der Waals surface area contributed by atoms with Crippen molar-refractivity contribution in [2.75, 3.05) is 11.9 Å². The van der Waals surface area contributed by atoms with E-state index in [9.17, 15) is 9.59 Å². The van der Waals surface area contributed by atoms with Crippen LogP contribution in [0, 0.1) is 0 Å². The number of rotatable bonds is 7. The topological polar surface area (TPSA) is 55.4 Å². The van der Waals surface area contributed by atoms with E-state index in [0.29, 0.717) is 23.4 Å². The normalized spacial score (nSPS) is 10.4. The number of hydrogen-bond acceptors (Lipinski definition) is 3. The summed E-state index contributed by atoms with van der Waals surface area (Å²) in [7, 11) is 0. The Labute approximate surface area is 172 Å². The van der Waals surface area contributed by atoms with Gasteiger partial charge in [0.25, 0.3) is 5.91 Å². The lowest BCUT2D eigenvalue weighted by atomic mass is 10.0. The molecule has 0 radical (unpaired) electrons. The number of benzene rings is 3. The summed E-state index contributed by atoms with van der Waals surface area (Å²) in [5, 5.41) is 2.90. The fourth-order valence-electron chi connectivity index (χ4n) is 2.83. The number of ketones is 1. The molecule has 3 aromatic rings. The highest BCUT2D eigenvalue weighted by molar-refractivity contribution is 9.10. The van der Waals surface area contributed by atoms with Crippen LogP contribution < -0.4 is 10.1 Å². The van der Waals surface area contributed by atoms with Crippen molar-refractivity contribution in [3.05, 3.63) is 82.8 Å². The Balaban J connectivity index is 1.72. The first-order valence-electron chi connectivity index (χ1n) is 8.98. The molecule has 0 aliphatic carbocycles. The molecule has 142 valence electrons. The predicted molar refractivity (Wildman–Crippen MR) is 115 cm³/mol. The van der Waals surface area contributed by atoms with E-state index in [-0.39, 0.29) is 18.3 Å². The van der Waals surface area contributed by atoms with E-state index in [1.807, 2.05) is 54.6 Å². The quantitative estimate of drug-likeness (QED) is 0.480. The third-order valence-corrected chi connectivity index (χ3v) is 4.70. The van der Waals surface area contributed by atoms with Gasteiger partial charge in [0, 0.05) is 22.1 Å². The lowest BCUT2D eigenvalue weighted by Crippen LogP contribution is -2.21. The van der Waals surface area contributed by atoms with Crippen molar-refractivity contribution in [1.29, 1.82) is 0 Å². The lowest BCUT2D eigenvalue weighted by molar-refractivity contribution is -0.118. The minimum absolute atomic E-state index is 0.0360. The zero-order chi connectivity index (χ0) is 19.9. The van der Waals surface area contributed by atoms with Crippen molar-refractivity contribution >= 4 is 33.3 Å². The zero-order valence-electron chi connectivity index (χ0n) is 15.4. The second-order valence-corrected chi connectivity index (χ2v) is 7.08. The summed E-state index contributed by atoms with van der Waals surface area (Å²) in [6, 6.07) is 22.6. The minimum atomic E-state index is -0.291. The molecule has 1 N–H and O–H groups in total. The Kier molecular flexibility index (Phi) is 6.61. The third kappa shape index (κ3) is 4.87. The van der Waals surface area contributed by atoms with Gasteiger partial charge in [-0.3, -0.25) is 9.59 Å². The molecule has 3 rings (SSSR count). The van der Waals surface area contributed by atoms with Crippen molar-refractivity contribution in [1.82, 2.24) is 0 Å². The number of halogens is 1. The van der Waals surface area contributed by atoms with Crippen LogP contribution in [0.5, 0.6) is 5.75 Å². The molecule has 4 nitrogen and oxygen atoms in total. The number of ether oxygens (including phenoxy) is 1. The van der Waals surface area contributed by atoms with Crippen LogP contribution in [0.2, 0.25) is 0 Å². The maximum atomic E-state index is 12.5. The Bertz CT molecular complexity index is 986. The SMILES string of the molecule is CCC(=O)c1cc(Br)ccc1OCC(=O)Nc1ccccc1-c1ccccc1. The molecule has 0 saturated carbocycles. The van der Waals surface area contributed by atoms with Crippen molar-refractivity contribution in [2.45, 2.75) is 13.3 Å². The van der Waals surface area contributed by atoms with Crippen LogP contribution in [0.4, 0.5) is 5.69 Å². The van der Waals surface area contributed by atoms with Crippen molar-refractivity contribution in [3.63, 3.8) is 0 Å². The molecule has 0 fully saturated rings. The molecule has 0 unspecified atom stereocenters. The maximum Gasteiger partial charge on any atom is 0.262 e. The van der Waals surface area contributed by atoms with Crippen LogP contribution in [0.25, 0.3) is 11.1 Å². The smallest absolute Gasteiger partial charge is 0.262 e. The molecule has 0 bridgehead atoms. The van der Waals surface area contributed by atoms with E-state index in [4.69, 9.17) is 4.74 Å².